The van der Waals surface area contributed by atoms with Gasteiger partial charge in [-0.3, -0.25) is 0 Å². The van der Waals surface area contributed by atoms with Gasteiger partial charge in [0.05, 0.1) is 11.1 Å². The number of hydrogen-bond acceptors (Lipinski definition) is 2. The average molecular weight is 316 g/mol. The van der Waals surface area contributed by atoms with Gasteiger partial charge in [0.2, 0.25) is 0 Å². The maximum absolute atomic E-state index is 13.2. The van der Waals surface area contributed by atoms with Crippen molar-refractivity contribution < 1.29 is 9.13 Å². The van der Waals surface area contributed by atoms with Crippen molar-refractivity contribution in [3.8, 4) is 5.75 Å². The zero-order valence-electron chi connectivity index (χ0n) is 10.4. The van der Waals surface area contributed by atoms with E-state index in [1.165, 1.54) is 25.3 Å². The van der Waals surface area contributed by atoms with E-state index in [-0.39, 0.29) is 5.82 Å². The van der Waals surface area contributed by atoms with Crippen LogP contribution >= 0.6 is 15.9 Å². The normalized spacial score (nSPS) is 14.8. The summed E-state index contributed by atoms with van der Waals surface area (Å²) in [5.41, 5.74) is 0. The fourth-order valence-electron chi connectivity index (χ4n) is 1.75. The van der Waals surface area contributed by atoms with Crippen LogP contribution in [0.1, 0.15) is 32.1 Å². The van der Waals surface area contributed by atoms with E-state index >= 15 is 0 Å². The molecule has 1 saturated carbocycles. The highest BCUT2D eigenvalue weighted by Crippen LogP contribution is 2.21. The minimum Gasteiger partial charge on any atom is -0.493 e. The van der Waals surface area contributed by atoms with Gasteiger partial charge in [0.1, 0.15) is 11.6 Å². The van der Waals surface area contributed by atoms with E-state index in [1.807, 2.05) is 0 Å². The van der Waals surface area contributed by atoms with Crippen LogP contribution in [0.15, 0.2) is 22.7 Å². The number of hydrogen-bond donors (Lipinski definition) is 1. The number of halogens is 2. The SMILES string of the molecule is Fc1cc(OCCCCCNC2CC2)ccc1Br. The second kappa shape index (κ2) is 7.10. The smallest absolute Gasteiger partial charge is 0.141 e. The van der Waals surface area contributed by atoms with Gasteiger partial charge in [-0.25, -0.2) is 4.39 Å². The molecular formula is C14H19BrFNO. The molecule has 2 nitrogen and oxygen atoms in total. The largest absolute Gasteiger partial charge is 0.493 e. The molecule has 1 N–H and O–H groups in total. The third-order valence-corrected chi connectivity index (χ3v) is 3.63. The van der Waals surface area contributed by atoms with Gasteiger partial charge >= 0.3 is 0 Å². The molecule has 1 aromatic carbocycles. The number of ether oxygens (including phenoxy) is 1. The number of unbranched alkanes of at least 4 members (excludes halogenated alkanes) is 2. The Morgan fingerprint density at radius 3 is 2.83 bits per heavy atom. The molecule has 0 unspecified atom stereocenters. The Morgan fingerprint density at radius 2 is 2.11 bits per heavy atom. The topological polar surface area (TPSA) is 21.3 Å². The summed E-state index contributed by atoms with van der Waals surface area (Å²) in [5, 5.41) is 3.48. The molecule has 0 radical (unpaired) electrons. The third kappa shape index (κ3) is 4.94. The van der Waals surface area contributed by atoms with E-state index in [0.29, 0.717) is 16.8 Å². The van der Waals surface area contributed by atoms with Gasteiger partial charge in [-0.2, -0.15) is 0 Å². The Labute approximate surface area is 116 Å². The predicted molar refractivity (Wildman–Crippen MR) is 74.5 cm³/mol. The zero-order valence-corrected chi connectivity index (χ0v) is 12.0. The van der Waals surface area contributed by atoms with Crippen LogP contribution in [0, 0.1) is 5.82 Å². The summed E-state index contributed by atoms with van der Waals surface area (Å²) in [4.78, 5) is 0. The van der Waals surface area contributed by atoms with Crippen molar-refractivity contribution in [2.24, 2.45) is 0 Å². The van der Waals surface area contributed by atoms with Gasteiger partial charge in [0.15, 0.2) is 0 Å². The molecule has 1 aromatic rings. The summed E-state index contributed by atoms with van der Waals surface area (Å²) < 4.78 is 19.2. The Bertz CT molecular complexity index is 382. The van der Waals surface area contributed by atoms with E-state index < -0.39 is 0 Å². The summed E-state index contributed by atoms with van der Waals surface area (Å²) in [6.45, 7) is 1.77. The molecule has 1 aliphatic carbocycles. The van der Waals surface area contributed by atoms with Crippen molar-refractivity contribution in [3.63, 3.8) is 0 Å². The lowest BCUT2D eigenvalue weighted by Gasteiger charge is -2.07. The molecule has 0 amide bonds. The van der Waals surface area contributed by atoms with E-state index in [1.54, 1.807) is 12.1 Å². The van der Waals surface area contributed by atoms with Crippen LogP contribution in [-0.4, -0.2) is 19.2 Å². The first-order valence-electron chi connectivity index (χ1n) is 6.57. The lowest BCUT2D eigenvalue weighted by atomic mass is 10.2. The number of benzene rings is 1. The number of nitrogens with one attached hydrogen (secondary N) is 1. The second-order valence-electron chi connectivity index (χ2n) is 4.71. The summed E-state index contributed by atoms with van der Waals surface area (Å²) in [5.74, 6) is 0.327. The highest BCUT2D eigenvalue weighted by molar-refractivity contribution is 9.10. The lowest BCUT2D eigenvalue weighted by Crippen LogP contribution is -2.17. The zero-order chi connectivity index (χ0) is 12.8. The molecule has 0 aromatic heterocycles. The van der Waals surface area contributed by atoms with E-state index in [9.17, 15) is 4.39 Å². The molecule has 0 saturated heterocycles. The Morgan fingerprint density at radius 1 is 1.28 bits per heavy atom. The van der Waals surface area contributed by atoms with Crippen molar-refractivity contribution in [3.05, 3.63) is 28.5 Å². The summed E-state index contributed by atoms with van der Waals surface area (Å²) in [7, 11) is 0. The Hall–Kier alpha value is -0.610. The van der Waals surface area contributed by atoms with Crippen molar-refractivity contribution in [2.45, 2.75) is 38.1 Å². The molecule has 0 bridgehead atoms. The third-order valence-electron chi connectivity index (χ3n) is 2.99. The Balaban J connectivity index is 1.52. The fraction of sp³-hybridized carbons (Fsp3) is 0.571. The maximum atomic E-state index is 13.2. The molecule has 18 heavy (non-hydrogen) atoms. The highest BCUT2D eigenvalue weighted by Gasteiger charge is 2.19. The Kier molecular flexibility index (Phi) is 5.45. The lowest BCUT2D eigenvalue weighted by molar-refractivity contribution is 0.303. The summed E-state index contributed by atoms with van der Waals surface area (Å²) in [6, 6.07) is 5.66. The van der Waals surface area contributed by atoms with Crippen LogP contribution in [0.2, 0.25) is 0 Å². The second-order valence-corrected chi connectivity index (χ2v) is 5.57. The van der Waals surface area contributed by atoms with E-state index in [0.717, 1.165) is 25.4 Å². The van der Waals surface area contributed by atoms with E-state index in [2.05, 4.69) is 21.2 Å². The van der Waals surface area contributed by atoms with Gasteiger partial charge < -0.3 is 10.1 Å². The van der Waals surface area contributed by atoms with Gasteiger partial charge in [0, 0.05) is 12.1 Å². The standard InChI is InChI=1S/C14H19BrFNO/c15-13-7-6-12(10-14(13)16)18-9-3-1-2-8-17-11-4-5-11/h6-7,10-11,17H,1-5,8-9H2. The summed E-state index contributed by atoms with van der Waals surface area (Å²) in [6.07, 6.45) is 6.05. The first kappa shape index (κ1) is 13.8. The van der Waals surface area contributed by atoms with Crippen molar-refractivity contribution in [1.29, 1.82) is 0 Å². The van der Waals surface area contributed by atoms with Gasteiger partial charge in [-0.1, -0.05) is 0 Å². The number of rotatable bonds is 8. The van der Waals surface area contributed by atoms with Gasteiger partial charge in [-0.05, 0) is 66.7 Å². The molecule has 4 heteroatoms. The molecule has 2 rings (SSSR count). The maximum Gasteiger partial charge on any atom is 0.141 e. The molecule has 0 aliphatic heterocycles. The van der Waals surface area contributed by atoms with Crippen LogP contribution in [0.4, 0.5) is 4.39 Å². The minimum absolute atomic E-state index is 0.277. The van der Waals surface area contributed by atoms with E-state index in [4.69, 9.17) is 4.74 Å². The quantitative estimate of drug-likeness (QED) is 0.735. The van der Waals surface area contributed by atoms with Gasteiger partial charge in [0.25, 0.3) is 0 Å². The van der Waals surface area contributed by atoms with Crippen LogP contribution in [0.25, 0.3) is 0 Å². The van der Waals surface area contributed by atoms with Crippen molar-refractivity contribution >= 4 is 15.9 Å². The fourth-order valence-corrected chi connectivity index (χ4v) is 2.00. The highest BCUT2D eigenvalue weighted by atomic mass is 79.9. The summed E-state index contributed by atoms with van der Waals surface area (Å²) >= 11 is 3.12. The van der Waals surface area contributed by atoms with Gasteiger partial charge in [-0.15, -0.1) is 0 Å². The van der Waals surface area contributed by atoms with Crippen LogP contribution in [-0.2, 0) is 0 Å². The average Bonchev–Trinajstić information content (AvgIpc) is 3.16. The van der Waals surface area contributed by atoms with Crippen LogP contribution < -0.4 is 10.1 Å². The molecular weight excluding hydrogens is 297 g/mol. The first-order chi connectivity index (χ1) is 8.75. The molecule has 1 aliphatic rings. The van der Waals surface area contributed by atoms with Crippen molar-refractivity contribution in [1.82, 2.24) is 5.32 Å². The minimum atomic E-state index is -0.277. The monoisotopic (exact) mass is 315 g/mol. The molecule has 1 fully saturated rings. The predicted octanol–water partition coefficient (Wildman–Crippen LogP) is 3.89. The van der Waals surface area contributed by atoms with Crippen LogP contribution in [0.5, 0.6) is 5.75 Å². The van der Waals surface area contributed by atoms with Crippen molar-refractivity contribution in [2.75, 3.05) is 13.2 Å². The molecule has 0 heterocycles. The first-order valence-corrected chi connectivity index (χ1v) is 7.36. The molecule has 0 spiro atoms. The molecule has 0 atom stereocenters. The van der Waals surface area contributed by atoms with Crippen LogP contribution in [0.3, 0.4) is 0 Å². The molecule has 100 valence electrons.